The number of hydrogen-bond acceptors (Lipinski definition) is 6. The minimum atomic E-state index is -4.45. The van der Waals surface area contributed by atoms with Gasteiger partial charge in [-0.25, -0.2) is 0 Å². The molecular formula is C12H12F3N5O2S. The van der Waals surface area contributed by atoms with Gasteiger partial charge < -0.3 is 10.1 Å². The molecular weight excluding hydrogens is 335 g/mol. The molecule has 23 heavy (non-hydrogen) atoms. The first-order valence-corrected chi connectivity index (χ1v) is 7.43. The molecule has 0 atom stereocenters. The molecule has 1 aliphatic carbocycles. The second-order valence-corrected chi connectivity index (χ2v) is 6.26. The largest absolute Gasteiger partial charge is 0.417 e. The number of methoxy groups -OCH3 is 1. The lowest BCUT2D eigenvalue weighted by Crippen LogP contribution is -2.63. The molecule has 11 heteroatoms. The fourth-order valence-corrected chi connectivity index (χ4v) is 3.29. The Morgan fingerprint density at radius 1 is 1.48 bits per heavy atom. The third-order valence-electron chi connectivity index (χ3n) is 3.79. The Labute approximate surface area is 132 Å². The number of nitrogens with one attached hydrogen (secondary N) is 2. The van der Waals surface area contributed by atoms with Crippen molar-refractivity contribution in [3.63, 3.8) is 0 Å². The van der Waals surface area contributed by atoms with Crippen molar-refractivity contribution in [2.75, 3.05) is 7.11 Å². The summed E-state index contributed by atoms with van der Waals surface area (Å²) in [5.41, 5.74) is -2.16. The van der Waals surface area contributed by atoms with E-state index in [2.05, 4.69) is 30.7 Å². The second-order valence-electron chi connectivity index (χ2n) is 5.17. The highest BCUT2D eigenvalue weighted by Crippen LogP contribution is 2.47. The average molecular weight is 347 g/mol. The van der Waals surface area contributed by atoms with E-state index in [4.69, 9.17) is 0 Å². The molecule has 2 N–H and O–H groups in total. The smallest absolute Gasteiger partial charge is 0.369 e. The number of aromatic amines is 1. The fraction of sp³-hybridized carbons (Fsp3) is 0.500. The average Bonchev–Trinajstić information content (AvgIpc) is 3.09. The Morgan fingerprint density at radius 3 is 2.78 bits per heavy atom. The summed E-state index contributed by atoms with van der Waals surface area (Å²) < 4.78 is 43.3. The predicted molar refractivity (Wildman–Crippen MR) is 73.8 cm³/mol. The molecule has 2 aromatic heterocycles. The van der Waals surface area contributed by atoms with Crippen LogP contribution >= 0.6 is 11.3 Å². The minimum Gasteiger partial charge on any atom is -0.369 e. The number of carbonyl (C=O) groups excluding carboxylic acids is 1. The summed E-state index contributed by atoms with van der Waals surface area (Å²) in [6.45, 7) is 0. The topological polar surface area (TPSA) is 92.8 Å². The fourth-order valence-electron chi connectivity index (χ4n) is 2.45. The zero-order valence-electron chi connectivity index (χ0n) is 11.8. The Bertz CT molecular complexity index is 694. The molecule has 0 unspecified atom stereocenters. The summed E-state index contributed by atoms with van der Waals surface area (Å²) in [5, 5.41) is 15.9. The van der Waals surface area contributed by atoms with Crippen LogP contribution < -0.4 is 5.32 Å². The van der Waals surface area contributed by atoms with Crippen LogP contribution in [0.3, 0.4) is 0 Å². The van der Waals surface area contributed by atoms with Crippen LogP contribution in [-0.4, -0.2) is 51.5 Å². The lowest BCUT2D eigenvalue weighted by atomic mass is 9.74. The molecule has 2 aromatic rings. The van der Waals surface area contributed by atoms with Gasteiger partial charge in [-0.15, -0.1) is 21.5 Å². The molecule has 2 heterocycles. The molecule has 0 bridgehead atoms. The van der Waals surface area contributed by atoms with Crippen LogP contribution in [0.15, 0.2) is 12.1 Å². The molecule has 1 saturated carbocycles. The van der Waals surface area contributed by atoms with E-state index in [9.17, 15) is 18.0 Å². The van der Waals surface area contributed by atoms with Gasteiger partial charge in [0.1, 0.15) is 0 Å². The normalized spacial score (nSPS) is 24.3. The molecule has 0 saturated heterocycles. The van der Waals surface area contributed by atoms with Crippen LogP contribution in [-0.2, 0) is 4.74 Å². The highest BCUT2D eigenvalue weighted by molar-refractivity contribution is 7.17. The quantitative estimate of drug-likeness (QED) is 0.879. The van der Waals surface area contributed by atoms with Crippen LogP contribution in [0.5, 0.6) is 0 Å². The number of thiophene rings is 1. The third kappa shape index (κ3) is 2.81. The highest BCUT2D eigenvalue weighted by atomic mass is 32.1. The van der Waals surface area contributed by atoms with Gasteiger partial charge in [-0.2, -0.15) is 18.4 Å². The van der Waals surface area contributed by atoms with E-state index in [0.717, 1.165) is 18.4 Å². The summed E-state index contributed by atoms with van der Waals surface area (Å²) in [4.78, 5) is 13.1. The third-order valence-corrected chi connectivity index (χ3v) is 4.87. The molecule has 3 rings (SSSR count). The molecule has 1 fully saturated rings. The molecule has 1 amide bonds. The van der Waals surface area contributed by atoms with Crippen molar-refractivity contribution in [1.29, 1.82) is 0 Å². The van der Waals surface area contributed by atoms with Crippen molar-refractivity contribution in [3.05, 3.63) is 17.0 Å². The van der Waals surface area contributed by atoms with E-state index < -0.39 is 23.7 Å². The summed E-state index contributed by atoms with van der Waals surface area (Å²) in [6.07, 6.45) is -5.03. The Balaban J connectivity index is 1.61. The molecule has 7 nitrogen and oxygen atoms in total. The first-order valence-electron chi connectivity index (χ1n) is 6.61. The number of ether oxygens (including phenoxy) is 1. The molecule has 0 aliphatic heterocycles. The number of amides is 1. The van der Waals surface area contributed by atoms with E-state index in [1.165, 1.54) is 0 Å². The number of hydrogen-bond donors (Lipinski definition) is 2. The number of carbonyl (C=O) groups is 1. The van der Waals surface area contributed by atoms with Crippen LogP contribution in [0.25, 0.3) is 10.7 Å². The Hall–Kier alpha value is -2.01. The van der Waals surface area contributed by atoms with Crippen LogP contribution in [0, 0.1) is 0 Å². The van der Waals surface area contributed by atoms with Crippen LogP contribution in [0.4, 0.5) is 13.2 Å². The number of nitrogens with zero attached hydrogens (tertiary/aromatic N) is 3. The molecule has 0 spiro atoms. The highest BCUT2D eigenvalue weighted by Gasteiger charge is 2.63. The van der Waals surface area contributed by atoms with Crippen molar-refractivity contribution in [3.8, 4) is 10.7 Å². The summed E-state index contributed by atoms with van der Waals surface area (Å²) in [5.74, 6) is -0.0743. The van der Waals surface area contributed by atoms with E-state index in [1.54, 1.807) is 12.1 Å². The van der Waals surface area contributed by atoms with Gasteiger partial charge in [0.15, 0.2) is 5.60 Å². The maximum atomic E-state index is 12.9. The lowest BCUT2D eigenvalue weighted by Gasteiger charge is -2.47. The van der Waals surface area contributed by atoms with Gasteiger partial charge in [0.2, 0.25) is 5.82 Å². The Kier molecular flexibility index (Phi) is 3.84. The summed E-state index contributed by atoms with van der Waals surface area (Å²) in [7, 11) is 1.03. The second kappa shape index (κ2) is 5.57. The van der Waals surface area contributed by atoms with E-state index in [-0.39, 0.29) is 12.8 Å². The zero-order valence-corrected chi connectivity index (χ0v) is 12.7. The number of H-pyrrole nitrogens is 1. The number of halogens is 3. The van der Waals surface area contributed by atoms with Crippen molar-refractivity contribution in [1.82, 2.24) is 25.9 Å². The summed E-state index contributed by atoms with van der Waals surface area (Å²) in [6, 6.07) is 2.65. The van der Waals surface area contributed by atoms with E-state index in [1.807, 2.05) is 0 Å². The first kappa shape index (κ1) is 15.9. The SMILES string of the molecule is COC1(C(F)(F)F)CC(NC(=O)c2ccc(-c3nn[nH]n3)s2)C1. The molecule has 124 valence electrons. The lowest BCUT2D eigenvalue weighted by molar-refractivity contribution is -0.301. The van der Waals surface area contributed by atoms with Gasteiger partial charge >= 0.3 is 6.18 Å². The minimum absolute atomic E-state index is 0.290. The maximum absolute atomic E-state index is 12.9. The van der Waals surface area contributed by atoms with Gasteiger partial charge in [0.05, 0.1) is 9.75 Å². The van der Waals surface area contributed by atoms with Gasteiger partial charge in [-0.05, 0) is 17.3 Å². The van der Waals surface area contributed by atoms with Crippen molar-refractivity contribution in [2.45, 2.75) is 30.7 Å². The van der Waals surface area contributed by atoms with Gasteiger partial charge in [0, 0.05) is 26.0 Å². The maximum Gasteiger partial charge on any atom is 0.417 e. The standard InChI is InChI=1S/C12H12F3N5O2S/c1-22-11(12(13,14)15)4-6(5-11)16-10(21)8-3-2-7(23-8)9-17-19-20-18-9/h2-3,6H,4-5H2,1H3,(H,16,21)(H,17,18,19,20). The van der Waals surface area contributed by atoms with Crippen molar-refractivity contribution in [2.24, 2.45) is 0 Å². The van der Waals surface area contributed by atoms with Crippen molar-refractivity contribution >= 4 is 17.2 Å². The van der Waals surface area contributed by atoms with Gasteiger partial charge in [-0.3, -0.25) is 4.79 Å². The Morgan fingerprint density at radius 2 is 2.22 bits per heavy atom. The summed E-state index contributed by atoms with van der Waals surface area (Å²) >= 11 is 1.14. The van der Waals surface area contributed by atoms with Gasteiger partial charge in [-0.1, -0.05) is 0 Å². The molecule has 0 radical (unpaired) electrons. The van der Waals surface area contributed by atoms with Crippen molar-refractivity contribution < 1.29 is 22.7 Å². The molecule has 0 aromatic carbocycles. The zero-order chi connectivity index (χ0) is 16.7. The van der Waals surface area contributed by atoms with E-state index >= 15 is 0 Å². The van der Waals surface area contributed by atoms with Crippen LogP contribution in [0.2, 0.25) is 0 Å². The number of alkyl halides is 3. The van der Waals surface area contributed by atoms with Gasteiger partial charge in [0.25, 0.3) is 5.91 Å². The van der Waals surface area contributed by atoms with Crippen LogP contribution in [0.1, 0.15) is 22.5 Å². The first-order chi connectivity index (χ1) is 10.8. The van der Waals surface area contributed by atoms with E-state index in [0.29, 0.717) is 15.6 Å². The number of tetrazole rings is 1. The molecule has 1 aliphatic rings. The number of aromatic nitrogens is 4. The monoisotopic (exact) mass is 347 g/mol. The predicted octanol–water partition coefficient (Wildman–Crippen LogP) is 1.77. The number of rotatable bonds is 4.